The van der Waals surface area contributed by atoms with Crippen LogP contribution in [0.3, 0.4) is 0 Å². The van der Waals surface area contributed by atoms with Crippen LogP contribution in [-0.2, 0) is 13.2 Å². The molecule has 24 heavy (non-hydrogen) atoms. The predicted octanol–water partition coefficient (Wildman–Crippen LogP) is 5.95. The average Bonchev–Trinajstić information content (AvgIpc) is 2.62. The third-order valence-electron chi connectivity index (χ3n) is 3.79. The van der Waals surface area contributed by atoms with Crippen LogP contribution in [0.25, 0.3) is 0 Å². The SMILES string of the molecule is Cc1ccc(NCc2ccc(OCc3ccc(Br)cc3)cc2)cc1. The minimum atomic E-state index is 0.578. The van der Waals surface area contributed by atoms with E-state index < -0.39 is 0 Å². The average molecular weight is 382 g/mol. The largest absolute Gasteiger partial charge is 0.489 e. The lowest BCUT2D eigenvalue weighted by atomic mass is 10.2. The molecule has 0 bridgehead atoms. The summed E-state index contributed by atoms with van der Waals surface area (Å²) in [6.07, 6.45) is 0. The van der Waals surface area contributed by atoms with Gasteiger partial charge < -0.3 is 10.1 Å². The number of hydrogen-bond acceptors (Lipinski definition) is 2. The maximum Gasteiger partial charge on any atom is 0.119 e. The van der Waals surface area contributed by atoms with Crippen molar-refractivity contribution in [3.63, 3.8) is 0 Å². The fourth-order valence-corrected chi connectivity index (χ4v) is 2.59. The quantitative estimate of drug-likeness (QED) is 0.569. The molecule has 122 valence electrons. The maximum absolute atomic E-state index is 5.83. The van der Waals surface area contributed by atoms with Gasteiger partial charge in [-0.05, 0) is 54.4 Å². The van der Waals surface area contributed by atoms with Crippen LogP contribution >= 0.6 is 15.9 Å². The number of ether oxygens (including phenoxy) is 1. The van der Waals surface area contributed by atoms with Crippen LogP contribution in [0.1, 0.15) is 16.7 Å². The molecule has 0 fully saturated rings. The van der Waals surface area contributed by atoms with Gasteiger partial charge in [0.2, 0.25) is 0 Å². The lowest BCUT2D eigenvalue weighted by Crippen LogP contribution is -2.00. The predicted molar refractivity (Wildman–Crippen MR) is 103 cm³/mol. The summed E-state index contributed by atoms with van der Waals surface area (Å²) in [7, 11) is 0. The van der Waals surface area contributed by atoms with Crippen LogP contribution in [-0.4, -0.2) is 0 Å². The fraction of sp³-hybridized carbons (Fsp3) is 0.143. The second-order valence-electron chi connectivity index (χ2n) is 5.78. The van der Waals surface area contributed by atoms with E-state index in [1.807, 2.05) is 24.3 Å². The van der Waals surface area contributed by atoms with Gasteiger partial charge in [-0.15, -0.1) is 0 Å². The van der Waals surface area contributed by atoms with Crippen LogP contribution in [0.4, 0.5) is 5.69 Å². The molecule has 3 rings (SSSR count). The molecule has 2 nitrogen and oxygen atoms in total. The third-order valence-corrected chi connectivity index (χ3v) is 4.32. The van der Waals surface area contributed by atoms with E-state index in [0.29, 0.717) is 6.61 Å². The number of hydrogen-bond donors (Lipinski definition) is 1. The van der Waals surface area contributed by atoms with Crippen LogP contribution in [0.5, 0.6) is 5.75 Å². The Hall–Kier alpha value is -2.26. The van der Waals surface area contributed by atoms with Crippen LogP contribution in [0, 0.1) is 6.92 Å². The summed E-state index contributed by atoms with van der Waals surface area (Å²) in [5.74, 6) is 0.886. The van der Waals surface area contributed by atoms with E-state index in [4.69, 9.17) is 4.74 Å². The molecule has 0 atom stereocenters. The van der Waals surface area contributed by atoms with Crippen molar-refractivity contribution in [1.29, 1.82) is 0 Å². The Kier molecular flexibility index (Phi) is 5.55. The summed E-state index contributed by atoms with van der Waals surface area (Å²) in [4.78, 5) is 0. The first-order chi connectivity index (χ1) is 11.7. The Bertz CT molecular complexity index is 696. The van der Waals surface area contributed by atoms with Gasteiger partial charge in [-0.2, -0.15) is 0 Å². The lowest BCUT2D eigenvalue weighted by Gasteiger charge is -2.09. The molecule has 1 N–H and O–H groups in total. The van der Waals surface area contributed by atoms with Crippen molar-refractivity contribution in [1.82, 2.24) is 0 Å². The zero-order chi connectivity index (χ0) is 16.8. The van der Waals surface area contributed by atoms with Gasteiger partial charge in [-0.3, -0.25) is 0 Å². The number of rotatable bonds is 6. The molecule has 3 aromatic rings. The molecule has 0 aliphatic rings. The summed E-state index contributed by atoms with van der Waals surface area (Å²) >= 11 is 3.44. The van der Waals surface area contributed by atoms with E-state index in [1.165, 1.54) is 11.1 Å². The Morgan fingerprint density at radius 3 is 2.08 bits per heavy atom. The van der Waals surface area contributed by atoms with Crippen molar-refractivity contribution >= 4 is 21.6 Å². The normalized spacial score (nSPS) is 10.4. The standard InChI is InChI=1S/C21H20BrNO/c1-16-2-10-20(11-3-16)23-14-17-6-12-21(13-7-17)24-15-18-4-8-19(22)9-5-18/h2-13,23H,14-15H2,1H3. The third kappa shape index (κ3) is 4.87. The fourth-order valence-electron chi connectivity index (χ4n) is 2.33. The molecular formula is C21H20BrNO. The molecule has 0 saturated carbocycles. The molecule has 0 heterocycles. The molecule has 0 spiro atoms. The Morgan fingerprint density at radius 1 is 0.792 bits per heavy atom. The minimum absolute atomic E-state index is 0.578. The molecule has 3 heteroatoms. The van der Waals surface area contributed by atoms with Gasteiger partial charge in [0.15, 0.2) is 0 Å². The van der Waals surface area contributed by atoms with Gasteiger partial charge in [0.05, 0.1) is 0 Å². The Balaban J connectivity index is 1.51. The van der Waals surface area contributed by atoms with Crippen molar-refractivity contribution in [2.45, 2.75) is 20.1 Å². The van der Waals surface area contributed by atoms with Crippen molar-refractivity contribution in [3.05, 3.63) is 94.0 Å². The monoisotopic (exact) mass is 381 g/mol. The lowest BCUT2D eigenvalue weighted by molar-refractivity contribution is 0.306. The highest BCUT2D eigenvalue weighted by atomic mass is 79.9. The zero-order valence-electron chi connectivity index (χ0n) is 13.6. The second kappa shape index (κ2) is 8.02. The first-order valence-corrected chi connectivity index (χ1v) is 8.75. The highest BCUT2D eigenvalue weighted by molar-refractivity contribution is 9.10. The maximum atomic E-state index is 5.83. The number of anilines is 1. The first kappa shape index (κ1) is 16.6. The van der Waals surface area contributed by atoms with E-state index in [1.54, 1.807) is 0 Å². The topological polar surface area (TPSA) is 21.3 Å². The molecule has 0 aromatic heterocycles. The molecule has 0 radical (unpaired) electrons. The van der Waals surface area contributed by atoms with Crippen LogP contribution in [0.15, 0.2) is 77.3 Å². The number of nitrogens with one attached hydrogen (secondary N) is 1. The molecule has 0 unspecified atom stereocenters. The number of halogens is 1. The summed E-state index contributed by atoms with van der Waals surface area (Å²) < 4.78 is 6.91. The second-order valence-corrected chi connectivity index (χ2v) is 6.69. The van der Waals surface area contributed by atoms with Crippen LogP contribution < -0.4 is 10.1 Å². The summed E-state index contributed by atoms with van der Waals surface area (Å²) in [5.41, 5.74) is 4.79. The number of benzene rings is 3. The van der Waals surface area contributed by atoms with E-state index in [9.17, 15) is 0 Å². The molecule has 3 aromatic carbocycles. The number of aryl methyl sites for hydroxylation is 1. The molecule has 0 saturated heterocycles. The highest BCUT2D eigenvalue weighted by Gasteiger charge is 1.98. The van der Waals surface area contributed by atoms with E-state index in [2.05, 4.69) is 76.7 Å². The van der Waals surface area contributed by atoms with Crippen molar-refractivity contribution in [3.8, 4) is 5.75 Å². The molecule has 0 aliphatic carbocycles. The van der Waals surface area contributed by atoms with Crippen molar-refractivity contribution < 1.29 is 4.74 Å². The highest BCUT2D eigenvalue weighted by Crippen LogP contribution is 2.17. The zero-order valence-corrected chi connectivity index (χ0v) is 15.2. The van der Waals surface area contributed by atoms with Crippen molar-refractivity contribution in [2.24, 2.45) is 0 Å². The van der Waals surface area contributed by atoms with Gasteiger partial charge in [-0.1, -0.05) is 57.9 Å². The summed E-state index contributed by atoms with van der Waals surface area (Å²) in [6, 6.07) is 24.8. The van der Waals surface area contributed by atoms with Gasteiger partial charge in [-0.25, -0.2) is 0 Å². The van der Waals surface area contributed by atoms with Gasteiger partial charge in [0.1, 0.15) is 12.4 Å². The van der Waals surface area contributed by atoms with Gasteiger partial charge >= 0.3 is 0 Å². The van der Waals surface area contributed by atoms with Gasteiger partial charge in [0.25, 0.3) is 0 Å². The van der Waals surface area contributed by atoms with E-state index in [-0.39, 0.29) is 0 Å². The molecular weight excluding hydrogens is 362 g/mol. The Labute approximate surface area is 151 Å². The van der Waals surface area contributed by atoms with Crippen LogP contribution in [0.2, 0.25) is 0 Å². The van der Waals surface area contributed by atoms with Gasteiger partial charge in [0, 0.05) is 16.7 Å². The first-order valence-electron chi connectivity index (χ1n) is 7.96. The smallest absolute Gasteiger partial charge is 0.119 e. The minimum Gasteiger partial charge on any atom is -0.489 e. The Morgan fingerprint density at radius 2 is 1.42 bits per heavy atom. The summed E-state index contributed by atoms with van der Waals surface area (Å²) in [5, 5.41) is 3.43. The van der Waals surface area contributed by atoms with E-state index in [0.717, 1.165) is 28.0 Å². The van der Waals surface area contributed by atoms with E-state index >= 15 is 0 Å². The summed E-state index contributed by atoms with van der Waals surface area (Å²) in [6.45, 7) is 3.47. The van der Waals surface area contributed by atoms with Crippen molar-refractivity contribution in [2.75, 3.05) is 5.32 Å². The molecule has 0 aliphatic heterocycles. The molecule has 0 amide bonds.